The SMILES string of the molecule is Fc1ccc([C@H]2C[C@H]2c2cc3ccccc3c3c2CCO3)cc1. The molecule has 1 nitrogen and oxygen atoms in total. The fourth-order valence-corrected chi connectivity index (χ4v) is 4.00. The molecule has 114 valence electrons. The first-order valence-corrected chi connectivity index (χ1v) is 8.24. The Kier molecular flexibility index (Phi) is 2.75. The van der Waals surface area contributed by atoms with Gasteiger partial charge in [0.1, 0.15) is 11.6 Å². The van der Waals surface area contributed by atoms with Crippen LogP contribution in [0.3, 0.4) is 0 Å². The van der Waals surface area contributed by atoms with Gasteiger partial charge in [0.05, 0.1) is 6.61 Å². The number of ether oxygens (including phenoxy) is 1. The lowest BCUT2D eigenvalue weighted by Crippen LogP contribution is -1.92. The normalized spacial score (nSPS) is 22.0. The molecular weight excluding hydrogens is 287 g/mol. The van der Waals surface area contributed by atoms with Gasteiger partial charge in [0.15, 0.2) is 0 Å². The first-order chi connectivity index (χ1) is 11.3. The Bertz CT molecular complexity index is 898. The number of hydrogen-bond donors (Lipinski definition) is 0. The van der Waals surface area contributed by atoms with E-state index in [1.807, 2.05) is 12.1 Å². The van der Waals surface area contributed by atoms with E-state index in [4.69, 9.17) is 4.74 Å². The van der Waals surface area contributed by atoms with Crippen molar-refractivity contribution in [2.45, 2.75) is 24.7 Å². The van der Waals surface area contributed by atoms with E-state index in [-0.39, 0.29) is 5.82 Å². The third-order valence-electron chi connectivity index (χ3n) is 5.23. The van der Waals surface area contributed by atoms with E-state index in [2.05, 4.69) is 30.3 Å². The molecule has 0 aromatic heterocycles. The van der Waals surface area contributed by atoms with Gasteiger partial charge in [0.25, 0.3) is 0 Å². The molecule has 3 aromatic rings. The van der Waals surface area contributed by atoms with Crippen LogP contribution in [0.1, 0.15) is 34.9 Å². The highest BCUT2D eigenvalue weighted by Gasteiger charge is 2.41. The first-order valence-electron chi connectivity index (χ1n) is 8.24. The summed E-state index contributed by atoms with van der Waals surface area (Å²) in [5.41, 5.74) is 4.07. The third kappa shape index (κ3) is 2.05. The summed E-state index contributed by atoms with van der Waals surface area (Å²) in [5.74, 6) is 1.98. The molecule has 1 aliphatic heterocycles. The molecule has 1 fully saturated rings. The van der Waals surface area contributed by atoms with Crippen molar-refractivity contribution in [2.24, 2.45) is 0 Å². The van der Waals surface area contributed by atoms with Crippen LogP contribution in [0.2, 0.25) is 0 Å². The Morgan fingerprint density at radius 2 is 1.78 bits per heavy atom. The molecule has 0 N–H and O–H groups in total. The van der Waals surface area contributed by atoms with Crippen LogP contribution in [0, 0.1) is 5.82 Å². The van der Waals surface area contributed by atoms with Crippen molar-refractivity contribution >= 4 is 10.8 Å². The second-order valence-electron chi connectivity index (χ2n) is 6.59. The van der Waals surface area contributed by atoms with E-state index in [0.29, 0.717) is 11.8 Å². The zero-order valence-corrected chi connectivity index (χ0v) is 12.8. The summed E-state index contributed by atoms with van der Waals surface area (Å²) in [6.07, 6.45) is 2.15. The average Bonchev–Trinajstić information content (AvgIpc) is 3.21. The van der Waals surface area contributed by atoms with Gasteiger partial charge >= 0.3 is 0 Å². The van der Waals surface area contributed by atoms with E-state index in [1.54, 1.807) is 12.1 Å². The quantitative estimate of drug-likeness (QED) is 0.633. The van der Waals surface area contributed by atoms with Crippen LogP contribution in [0.5, 0.6) is 5.75 Å². The number of halogens is 1. The zero-order chi connectivity index (χ0) is 15.4. The fraction of sp³-hybridized carbons (Fsp3) is 0.238. The molecular formula is C21H17FO. The number of rotatable bonds is 2. The van der Waals surface area contributed by atoms with Crippen molar-refractivity contribution in [1.82, 2.24) is 0 Å². The van der Waals surface area contributed by atoms with Gasteiger partial charge in [-0.3, -0.25) is 0 Å². The van der Waals surface area contributed by atoms with Crippen molar-refractivity contribution < 1.29 is 9.13 Å². The van der Waals surface area contributed by atoms with Crippen molar-refractivity contribution in [3.63, 3.8) is 0 Å². The van der Waals surface area contributed by atoms with E-state index >= 15 is 0 Å². The molecule has 0 radical (unpaired) electrons. The molecule has 3 aromatic carbocycles. The standard InChI is InChI=1S/C21H17FO/c22-15-7-5-13(6-8-15)18-12-20(18)19-11-14-3-1-2-4-16(14)21-17(19)9-10-23-21/h1-8,11,18,20H,9-10,12H2/t18-,20-/m1/s1. The molecule has 0 spiro atoms. The van der Waals surface area contributed by atoms with Crippen molar-refractivity contribution in [3.8, 4) is 5.75 Å². The fourth-order valence-electron chi connectivity index (χ4n) is 4.00. The second kappa shape index (κ2) is 4.82. The summed E-state index contributed by atoms with van der Waals surface area (Å²) < 4.78 is 19.1. The molecule has 0 saturated heterocycles. The summed E-state index contributed by atoms with van der Waals surface area (Å²) in [5, 5.41) is 2.48. The largest absolute Gasteiger partial charge is 0.492 e. The third-order valence-corrected chi connectivity index (χ3v) is 5.23. The van der Waals surface area contributed by atoms with Gasteiger partial charge in [-0.25, -0.2) is 4.39 Å². The molecule has 1 heterocycles. The highest BCUT2D eigenvalue weighted by Crippen LogP contribution is 2.57. The molecule has 2 atom stereocenters. The Hall–Kier alpha value is -2.35. The minimum Gasteiger partial charge on any atom is -0.492 e. The first kappa shape index (κ1) is 13.1. The highest BCUT2D eigenvalue weighted by molar-refractivity contribution is 5.91. The van der Waals surface area contributed by atoms with Gasteiger partial charge in [-0.1, -0.05) is 42.5 Å². The van der Waals surface area contributed by atoms with E-state index in [9.17, 15) is 4.39 Å². The lowest BCUT2D eigenvalue weighted by molar-refractivity contribution is 0.360. The molecule has 5 rings (SSSR count). The molecule has 2 aliphatic rings. The topological polar surface area (TPSA) is 9.23 Å². The highest BCUT2D eigenvalue weighted by atomic mass is 19.1. The molecule has 23 heavy (non-hydrogen) atoms. The molecule has 1 aliphatic carbocycles. The summed E-state index contributed by atoms with van der Waals surface area (Å²) in [6.45, 7) is 0.782. The van der Waals surface area contributed by atoms with Gasteiger partial charge < -0.3 is 4.74 Å². The van der Waals surface area contributed by atoms with Crippen molar-refractivity contribution in [3.05, 3.63) is 77.1 Å². The summed E-state index contributed by atoms with van der Waals surface area (Å²) in [7, 11) is 0. The Balaban J connectivity index is 1.58. The Morgan fingerprint density at radius 1 is 0.957 bits per heavy atom. The minimum atomic E-state index is -0.161. The maximum atomic E-state index is 13.1. The lowest BCUT2D eigenvalue weighted by Gasteiger charge is -2.11. The molecule has 2 heteroatoms. The maximum Gasteiger partial charge on any atom is 0.130 e. The van der Waals surface area contributed by atoms with Gasteiger partial charge in [0, 0.05) is 17.4 Å². The molecule has 0 unspecified atom stereocenters. The number of fused-ring (bicyclic) bond motifs is 3. The minimum absolute atomic E-state index is 0.161. The summed E-state index contributed by atoms with van der Waals surface area (Å²) in [4.78, 5) is 0. The van der Waals surface area contributed by atoms with Crippen LogP contribution in [-0.2, 0) is 6.42 Å². The van der Waals surface area contributed by atoms with Crippen LogP contribution in [-0.4, -0.2) is 6.61 Å². The second-order valence-corrected chi connectivity index (χ2v) is 6.59. The zero-order valence-electron chi connectivity index (χ0n) is 12.8. The summed E-state index contributed by atoms with van der Waals surface area (Å²) in [6, 6.07) is 17.8. The Labute approximate surface area is 134 Å². The van der Waals surface area contributed by atoms with Gasteiger partial charge in [0.2, 0.25) is 0 Å². The predicted octanol–water partition coefficient (Wildman–Crippen LogP) is 5.18. The molecule has 0 amide bonds. The van der Waals surface area contributed by atoms with Crippen LogP contribution < -0.4 is 4.74 Å². The van der Waals surface area contributed by atoms with E-state index < -0.39 is 0 Å². The van der Waals surface area contributed by atoms with E-state index in [0.717, 1.165) is 25.2 Å². The van der Waals surface area contributed by atoms with Crippen molar-refractivity contribution in [1.29, 1.82) is 0 Å². The molecule has 1 saturated carbocycles. The maximum absolute atomic E-state index is 13.1. The number of hydrogen-bond acceptors (Lipinski definition) is 1. The van der Waals surface area contributed by atoms with Crippen LogP contribution in [0.15, 0.2) is 54.6 Å². The van der Waals surface area contributed by atoms with Crippen LogP contribution in [0.4, 0.5) is 4.39 Å². The van der Waals surface area contributed by atoms with Crippen LogP contribution in [0.25, 0.3) is 10.8 Å². The smallest absolute Gasteiger partial charge is 0.130 e. The summed E-state index contributed by atoms with van der Waals surface area (Å²) >= 11 is 0. The Morgan fingerprint density at radius 3 is 2.65 bits per heavy atom. The van der Waals surface area contributed by atoms with Gasteiger partial charge in [-0.05, 0) is 46.9 Å². The van der Waals surface area contributed by atoms with Gasteiger partial charge in [-0.2, -0.15) is 0 Å². The van der Waals surface area contributed by atoms with Crippen LogP contribution >= 0.6 is 0 Å². The van der Waals surface area contributed by atoms with E-state index in [1.165, 1.54) is 27.5 Å². The van der Waals surface area contributed by atoms with Gasteiger partial charge in [-0.15, -0.1) is 0 Å². The monoisotopic (exact) mass is 304 g/mol. The average molecular weight is 304 g/mol. The predicted molar refractivity (Wildman–Crippen MR) is 89.6 cm³/mol. The molecule has 0 bridgehead atoms. The van der Waals surface area contributed by atoms with Crippen molar-refractivity contribution in [2.75, 3.05) is 6.61 Å². The lowest BCUT2D eigenvalue weighted by atomic mass is 9.94. The number of benzene rings is 3.